The standard InChI is InChI=1S/C8H3BrN6O2/c9-5-2-11-3-6(15(16)17)8(5)14-4-12-7(1-10)13-14/h2-4H. The molecule has 9 heteroatoms. The molecular formula is C8H3BrN6O2. The van der Waals surface area contributed by atoms with Crippen LogP contribution in [0.4, 0.5) is 5.69 Å². The summed E-state index contributed by atoms with van der Waals surface area (Å²) in [6.45, 7) is 0. The van der Waals surface area contributed by atoms with Crippen molar-refractivity contribution >= 4 is 21.6 Å². The molecule has 17 heavy (non-hydrogen) atoms. The van der Waals surface area contributed by atoms with Gasteiger partial charge >= 0.3 is 5.69 Å². The first-order valence-corrected chi connectivity index (χ1v) is 5.03. The molecule has 0 aromatic carbocycles. The Morgan fingerprint density at radius 1 is 1.53 bits per heavy atom. The lowest BCUT2D eigenvalue weighted by atomic mass is 10.3. The van der Waals surface area contributed by atoms with Gasteiger partial charge < -0.3 is 0 Å². The van der Waals surface area contributed by atoms with Crippen molar-refractivity contribution in [2.75, 3.05) is 0 Å². The zero-order valence-corrected chi connectivity index (χ0v) is 9.70. The summed E-state index contributed by atoms with van der Waals surface area (Å²) < 4.78 is 1.55. The third-order valence-electron chi connectivity index (χ3n) is 1.87. The van der Waals surface area contributed by atoms with E-state index >= 15 is 0 Å². The van der Waals surface area contributed by atoms with Crippen LogP contribution in [0, 0.1) is 21.4 Å². The molecular weight excluding hydrogens is 292 g/mol. The molecule has 0 spiro atoms. The van der Waals surface area contributed by atoms with E-state index in [2.05, 4.69) is 31.0 Å². The van der Waals surface area contributed by atoms with Gasteiger partial charge in [-0.2, -0.15) is 5.26 Å². The Balaban J connectivity index is 2.66. The Morgan fingerprint density at radius 3 is 2.88 bits per heavy atom. The maximum absolute atomic E-state index is 10.8. The van der Waals surface area contributed by atoms with Crippen LogP contribution in [0.15, 0.2) is 23.2 Å². The van der Waals surface area contributed by atoms with E-state index < -0.39 is 4.92 Å². The highest BCUT2D eigenvalue weighted by Crippen LogP contribution is 2.28. The molecule has 0 fully saturated rings. The van der Waals surface area contributed by atoms with Gasteiger partial charge in [-0.15, -0.1) is 5.10 Å². The molecule has 0 amide bonds. The lowest BCUT2D eigenvalue weighted by molar-refractivity contribution is -0.385. The van der Waals surface area contributed by atoms with Crippen molar-refractivity contribution in [3.63, 3.8) is 0 Å². The topological polar surface area (TPSA) is 111 Å². The highest BCUT2D eigenvalue weighted by atomic mass is 79.9. The Bertz CT molecular complexity index is 631. The zero-order valence-electron chi connectivity index (χ0n) is 8.11. The summed E-state index contributed by atoms with van der Waals surface area (Å²) in [5.74, 6) is -0.0667. The van der Waals surface area contributed by atoms with Crippen molar-refractivity contribution in [1.29, 1.82) is 5.26 Å². The van der Waals surface area contributed by atoms with Crippen molar-refractivity contribution in [2.24, 2.45) is 0 Å². The van der Waals surface area contributed by atoms with Gasteiger partial charge in [-0.25, -0.2) is 9.67 Å². The van der Waals surface area contributed by atoms with E-state index in [9.17, 15) is 10.1 Å². The van der Waals surface area contributed by atoms with E-state index in [0.717, 1.165) is 10.9 Å². The van der Waals surface area contributed by atoms with Crippen molar-refractivity contribution < 1.29 is 4.92 Å². The van der Waals surface area contributed by atoms with E-state index in [1.165, 1.54) is 12.5 Å². The van der Waals surface area contributed by atoms with Gasteiger partial charge in [0.25, 0.3) is 5.82 Å². The second-order valence-corrected chi connectivity index (χ2v) is 3.73. The maximum Gasteiger partial charge on any atom is 0.314 e. The molecule has 2 rings (SSSR count). The third kappa shape index (κ3) is 1.98. The van der Waals surface area contributed by atoms with Crippen LogP contribution in [0.3, 0.4) is 0 Å². The highest BCUT2D eigenvalue weighted by molar-refractivity contribution is 9.10. The predicted octanol–water partition coefficient (Wildman–Crippen LogP) is 1.20. The van der Waals surface area contributed by atoms with Crippen molar-refractivity contribution in [1.82, 2.24) is 19.7 Å². The molecule has 0 aliphatic rings. The average molecular weight is 295 g/mol. The van der Waals surface area contributed by atoms with Crippen LogP contribution in [0.1, 0.15) is 5.82 Å². The van der Waals surface area contributed by atoms with Crippen LogP contribution in [0.5, 0.6) is 0 Å². The SMILES string of the molecule is N#Cc1ncn(-c2c(Br)cncc2[N+](=O)[O-])n1. The summed E-state index contributed by atoms with van der Waals surface area (Å²) in [7, 11) is 0. The molecule has 0 atom stereocenters. The Kier molecular flexibility index (Phi) is 2.80. The fraction of sp³-hybridized carbons (Fsp3) is 0. The summed E-state index contributed by atoms with van der Waals surface area (Å²) in [5, 5.41) is 23.2. The third-order valence-corrected chi connectivity index (χ3v) is 2.45. The van der Waals surface area contributed by atoms with Crippen molar-refractivity contribution in [2.45, 2.75) is 0 Å². The molecule has 0 aliphatic carbocycles. The lowest BCUT2D eigenvalue weighted by Crippen LogP contribution is -2.02. The monoisotopic (exact) mass is 294 g/mol. The first kappa shape index (κ1) is 11.2. The van der Waals surface area contributed by atoms with E-state index in [0.29, 0.717) is 4.47 Å². The summed E-state index contributed by atoms with van der Waals surface area (Å²) in [6.07, 6.45) is 3.73. The predicted molar refractivity (Wildman–Crippen MR) is 58.2 cm³/mol. The Morgan fingerprint density at radius 2 is 2.29 bits per heavy atom. The van der Waals surface area contributed by atoms with Gasteiger partial charge in [0.1, 0.15) is 18.6 Å². The van der Waals surface area contributed by atoms with E-state index in [4.69, 9.17) is 5.26 Å². The van der Waals surface area contributed by atoms with Crippen LogP contribution in [0.25, 0.3) is 5.69 Å². The Labute approximate surface area is 103 Å². The molecule has 0 saturated heterocycles. The number of nitriles is 1. The van der Waals surface area contributed by atoms with Crippen molar-refractivity contribution in [3.8, 4) is 11.8 Å². The summed E-state index contributed by atoms with van der Waals surface area (Å²) in [5.41, 5.74) is -0.0484. The molecule has 0 radical (unpaired) electrons. The number of halogens is 1. The van der Waals surface area contributed by atoms with Crippen LogP contribution >= 0.6 is 15.9 Å². The molecule has 2 aromatic heterocycles. The minimum Gasteiger partial charge on any atom is -0.258 e. The highest BCUT2D eigenvalue weighted by Gasteiger charge is 2.20. The van der Waals surface area contributed by atoms with Gasteiger partial charge in [0.05, 0.1) is 9.40 Å². The first-order valence-electron chi connectivity index (χ1n) is 4.23. The quantitative estimate of drug-likeness (QED) is 0.608. The number of aromatic nitrogens is 4. The minimum absolute atomic E-state index is 0.0667. The molecule has 0 aliphatic heterocycles. The molecule has 0 bridgehead atoms. The van der Waals surface area contributed by atoms with E-state index in [1.54, 1.807) is 6.07 Å². The van der Waals surface area contributed by atoms with E-state index in [1.807, 2.05) is 0 Å². The van der Waals surface area contributed by atoms with Gasteiger partial charge in [-0.3, -0.25) is 15.1 Å². The van der Waals surface area contributed by atoms with E-state index in [-0.39, 0.29) is 17.2 Å². The molecule has 8 nitrogen and oxygen atoms in total. The van der Waals surface area contributed by atoms with Gasteiger partial charge in [-0.1, -0.05) is 0 Å². The number of nitrogens with zero attached hydrogens (tertiary/aromatic N) is 6. The number of hydrogen-bond donors (Lipinski definition) is 0. The number of pyridine rings is 1. The number of nitro groups is 1. The van der Waals surface area contributed by atoms with Gasteiger partial charge in [0.2, 0.25) is 0 Å². The number of hydrogen-bond acceptors (Lipinski definition) is 6. The van der Waals surface area contributed by atoms with Gasteiger partial charge in [0.15, 0.2) is 5.69 Å². The van der Waals surface area contributed by atoms with Gasteiger partial charge in [0, 0.05) is 6.20 Å². The second-order valence-electron chi connectivity index (χ2n) is 2.87. The summed E-state index contributed by atoms with van der Waals surface area (Å²) in [6, 6.07) is 1.74. The molecule has 2 aromatic rings. The zero-order chi connectivity index (χ0) is 12.4. The Hall–Kier alpha value is -2.34. The van der Waals surface area contributed by atoms with Crippen LogP contribution in [0.2, 0.25) is 0 Å². The normalized spacial score (nSPS) is 9.88. The van der Waals surface area contributed by atoms with Crippen LogP contribution in [-0.4, -0.2) is 24.7 Å². The number of rotatable bonds is 2. The molecule has 0 saturated carbocycles. The molecule has 0 unspecified atom stereocenters. The maximum atomic E-state index is 10.8. The molecule has 0 N–H and O–H groups in total. The smallest absolute Gasteiger partial charge is 0.258 e. The second kappa shape index (κ2) is 4.26. The van der Waals surface area contributed by atoms with Crippen LogP contribution in [-0.2, 0) is 0 Å². The average Bonchev–Trinajstić information content (AvgIpc) is 2.76. The minimum atomic E-state index is -0.583. The largest absolute Gasteiger partial charge is 0.314 e. The van der Waals surface area contributed by atoms with Crippen molar-refractivity contribution in [3.05, 3.63) is 39.1 Å². The van der Waals surface area contributed by atoms with Crippen LogP contribution < -0.4 is 0 Å². The fourth-order valence-electron chi connectivity index (χ4n) is 1.20. The van der Waals surface area contributed by atoms with Gasteiger partial charge in [-0.05, 0) is 15.9 Å². The molecule has 2 heterocycles. The fourth-order valence-corrected chi connectivity index (χ4v) is 1.70. The lowest BCUT2D eigenvalue weighted by Gasteiger charge is -2.03. The molecule has 84 valence electrons. The summed E-state index contributed by atoms with van der Waals surface area (Å²) >= 11 is 3.14. The first-order chi connectivity index (χ1) is 8.13. The summed E-state index contributed by atoms with van der Waals surface area (Å²) in [4.78, 5) is 17.6.